The second-order valence-electron chi connectivity index (χ2n) is 4.62. The number of rotatable bonds is 6. The summed E-state index contributed by atoms with van der Waals surface area (Å²) in [5.41, 5.74) is 1.62. The number of phenolic OH excluding ortho intramolecular Hbond substituents is 1. The van der Waals surface area contributed by atoms with Gasteiger partial charge in [0.05, 0.1) is 6.20 Å². The number of carbonyl (C=O) groups is 2. The molecule has 0 aliphatic rings. The van der Waals surface area contributed by atoms with Crippen LogP contribution in [0, 0.1) is 0 Å². The van der Waals surface area contributed by atoms with Crippen molar-refractivity contribution in [2.45, 2.75) is 19.4 Å². The largest absolute Gasteiger partial charge is 0.508 e. The van der Waals surface area contributed by atoms with Gasteiger partial charge in [0.15, 0.2) is 0 Å². The molecule has 114 valence electrons. The van der Waals surface area contributed by atoms with Crippen molar-refractivity contribution in [2.75, 3.05) is 0 Å². The number of benzene rings is 1. The lowest BCUT2D eigenvalue weighted by molar-refractivity contribution is -0.136. The number of carboxylic acids is 1. The van der Waals surface area contributed by atoms with Crippen molar-refractivity contribution >= 4 is 11.9 Å². The van der Waals surface area contributed by atoms with Crippen molar-refractivity contribution in [1.29, 1.82) is 0 Å². The van der Waals surface area contributed by atoms with Gasteiger partial charge in [0.2, 0.25) is 0 Å². The molecule has 0 atom stereocenters. The zero-order valence-corrected chi connectivity index (χ0v) is 11.7. The van der Waals surface area contributed by atoms with E-state index in [9.17, 15) is 14.7 Å². The molecule has 3 N–H and O–H groups in total. The van der Waals surface area contributed by atoms with Gasteiger partial charge >= 0.3 is 5.97 Å². The summed E-state index contributed by atoms with van der Waals surface area (Å²) in [6.45, 7) is 0.165. The minimum atomic E-state index is -0.900. The van der Waals surface area contributed by atoms with Crippen LogP contribution in [0.5, 0.6) is 5.75 Å². The predicted octanol–water partition coefficient (Wildman–Crippen LogP) is 1.13. The van der Waals surface area contributed by atoms with Crippen LogP contribution in [0.15, 0.2) is 36.8 Å². The number of aromatic nitrogens is 2. The molecule has 1 amide bonds. The molecule has 0 bridgehead atoms. The molecule has 0 aliphatic heterocycles. The highest BCUT2D eigenvalue weighted by Crippen LogP contribution is 2.18. The van der Waals surface area contributed by atoms with Crippen LogP contribution in [0.4, 0.5) is 0 Å². The number of phenols is 1. The first-order valence-corrected chi connectivity index (χ1v) is 6.63. The number of carboxylic acid groups (broad SMARTS) is 1. The van der Waals surface area contributed by atoms with Gasteiger partial charge in [0, 0.05) is 25.4 Å². The number of carbonyl (C=O) groups excluding carboxylic acids is 1. The molecule has 0 fully saturated rings. The van der Waals surface area contributed by atoms with Crippen molar-refractivity contribution in [3.8, 4) is 5.75 Å². The van der Waals surface area contributed by atoms with E-state index in [0.717, 1.165) is 5.56 Å². The summed E-state index contributed by atoms with van der Waals surface area (Å²) in [5, 5.41) is 21.0. The highest BCUT2D eigenvalue weighted by Gasteiger charge is 2.10. The van der Waals surface area contributed by atoms with Crippen molar-refractivity contribution < 1.29 is 19.8 Å². The molecule has 0 spiro atoms. The Balaban J connectivity index is 2.06. The molecule has 2 aromatic rings. The molecule has 0 aliphatic carbocycles. The van der Waals surface area contributed by atoms with E-state index in [2.05, 4.69) is 15.3 Å². The Morgan fingerprint density at radius 2 is 2.00 bits per heavy atom. The van der Waals surface area contributed by atoms with E-state index in [4.69, 9.17) is 5.11 Å². The van der Waals surface area contributed by atoms with Gasteiger partial charge in [-0.15, -0.1) is 0 Å². The Morgan fingerprint density at radius 3 is 2.68 bits per heavy atom. The number of aryl methyl sites for hydroxylation is 1. The summed E-state index contributed by atoms with van der Waals surface area (Å²) in [6.07, 6.45) is 4.54. The third-order valence-corrected chi connectivity index (χ3v) is 3.03. The third kappa shape index (κ3) is 4.27. The Morgan fingerprint density at radius 1 is 1.18 bits per heavy atom. The van der Waals surface area contributed by atoms with E-state index in [1.54, 1.807) is 6.07 Å². The topological polar surface area (TPSA) is 112 Å². The molecule has 0 saturated carbocycles. The van der Waals surface area contributed by atoms with Crippen LogP contribution in [0.3, 0.4) is 0 Å². The van der Waals surface area contributed by atoms with Crippen molar-refractivity contribution in [3.63, 3.8) is 0 Å². The van der Waals surface area contributed by atoms with Crippen molar-refractivity contribution in [1.82, 2.24) is 15.3 Å². The minimum Gasteiger partial charge on any atom is -0.508 e. The van der Waals surface area contributed by atoms with Gasteiger partial charge in [-0.05, 0) is 29.7 Å². The van der Waals surface area contributed by atoms with Crippen LogP contribution in [-0.4, -0.2) is 32.1 Å². The molecule has 22 heavy (non-hydrogen) atoms. The first kappa shape index (κ1) is 15.4. The molecule has 0 unspecified atom stereocenters. The molecule has 7 nitrogen and oxygen atoms in total. The van der Waals surface area contributed by atoms with Gasteiger partial charge < -0.3 is 15.5 Å². The van der Waals surface area contributed by atoms with Gasteiger partial charge in [0.25, 0.3) is 5.91 Å². The van der Waals surface area contributed by atoms with Crippen LogP contribution in [0.25, 0.3) is 0 Å². The Kier molecular flexibility index (Phi) is 5.02. The van der Waals surface area contributed by atoms with Gasteiger partial charge in [-0.2, -0.15) is 0 Å². The maximum absolute atomic E-state index is 11.9. The summed E-state index contributed by atoms with van der Waals surface area (Å²) < 4.78 is 0. The molecule has 1 aromatic heterocycles. The van der Waals surface area contributed by atoms with Gasteiger partial charge in [-0.3, -0.25) is 14.6 Å². The van der Waals surface area contributed by atoms with Crippen molar-refractivity contribution in [2.24, 2.45) is 0 Å². The van der Waals surface area contributed by atoms with Crippen LogP contribution in [0.2, 0.25) is 0 Å². The highest BCUT2D eigenvalue weighted by molar-refractivity contribution is 5.91. The van der Waals surface area contributed by atoms with E-state index in [1.807, 2.05) is 0 Å². The monoisotopic (exact) mass is 301 g/mol. The number of aliphatic carboxylic acids is 1. The van der Waals surface area contributed by atoms with Crippen LogP contribution in [0.1, 0.15) is 28.0 Å². The quantitative estimate of drug-likeness (QED) is 0.737. The molecule has 1 heterocycles. The lowest BCUT2D eigenvalue weighted by Gasteiger charge is -2.10. The third-order valence-electron chi connectivity index (χ3n) is 3.03. The van der Waals surface area contributed by atoms with Crippen LogP contribution in [-0.2, 0) is 17.8 Å². The van der Waals surface area contributed by atoms with E-state index in [0.29, 0.717) is 12.0 Å². The molecule has 0 saturated heterocycles. The first-order chi connectivity index (χ1) is 10.6. The fourth-order valence-electron chi connectivity index (χ4n) is 1.94. The zero-order valence-electron chi connectivity index (χ0n) is 11.7. The van der Waals surface area contributed by atoms with E-state index in [1.165, 1.54) is 30.7 Å². The SMILES string of the molecule is O=C(O)CCc1ccc(O)cc1CNC(=O)c1cnccn1. The van der Waals surface area contributed by atoms with Gasteiger partial charge in [0.1, 0.15) is 11.4 Å². The number of hydrogen-bond acceptors (Lipinski definition) is 5. The maximum Gasteiger partial charge on any atom is 0.303 e. The van der Waals surface area contributed by atoms with Crippen LogP contribution >= 0.6 is 0 Å². The van der Waals surface area contributed by atoms with Crippen LogP contribution < -0.4 is 5.32 Å². The fourth-order valence-corrected chi connectivity index (χ4v) is 1.94. The second-order valence-corrected chi connectivity index (χ2v) is 4.62. The standard InChI is InChI=1S/C15H15N3O4/c19-12-3-1-10(2-4-14(20)21)11(7-12)8-18-15(22)13-9-16-5-6-17-13/h1,3,5-7,9,19H,2,4,8H2,(H,18,22)(H,20,21). The summed E-state index contributed by atoms with van der Waals surface area (Å²) in [7, 11) is 0. The van der Waals surface area contributed by atoms with E-state index < -0.39 is 5.97 Å². The Labute approximate surface area is 126 Å². The molecular weight excluding hydrogens is 286 g/mol. The van der Waals surface area contributed by atoms with Gasteiger partial charge in [-0.25, -0.2) is 4.98 Å². The van der Waals surface area contributed by atoms with E-state index in [-0.39, 0.29) is 30.3 Å². The average Bonchev–Trinajstić information content (AvgIpc) is 2.52. The second kappa shape index (κ2) is 7.16. The van der Waals surface area contributed by atoms with Crippen molar-refractivity contribution in [3.05, 3.63) is 53.6 Å². The Bertz CT molecular complexity index is 674. The summed E-state index contributed by atoms with van der Waals surface area (Å²) in [5.74, 6) is -1.23. The lowest BCUT2D eigenvalue weighted by atomic mass is 10.0. The molecule has 1 aromatic carbocycles. The summed E-state index contributed by atoms with van der Waals surface area (Å²) in [6, 6.07) is 4.65. The number of hydrogen-bond donors (Lipinski definition) is 3. The van der Waals surface area contributed by atoms with E-state index >= 15 is 0 Å². The summed E-state index contributed by atoms with van der Waals surface area (Å²) >= 11 is 0. The highest BCUT2D eigenvalue weighted by atomic mass is 16.4. The maximum atomic E-state index is 11.9. The normalized spacial score (nSPS) is 10.2. The fraction of sp³-hybridized carbons (Fsp3) is 0.200. The number of aromatic hydroxyl groups is 1. The zero-order chi connectivity index (χ0) is 15.9. The molecule has 0 radical (unpaired) electrons. The minimum absolute atomic E-state index is 0.0180. The average molecular weight is 301 g/mol. The summed E-state index contributed by atoms with van der Waals surface area (Å²) in [4.78, 5) is 30.3. The first-order valence-electron chi connectivity index (χ1n) is 6.63. The lowest BCUT2D eigenvalue weighted by Crippen LogP contribution is -2.24. The number of nitrogens with one attached hydrogen (secondary N) is 1. The predicted molar refractivity (Wildman–Crippen MR) is 77.3 cm³/mol. The van der Waals surface area contributed by atoms with Gasteiger partial charge in [-0.1, -0.05) is 6.07 Å². The smallest absolute Gasteiger partial charge is 0.303 e. The molecule has 7 heteroatoms. The Hall–Kier alpha value is -2.96. The molecule has 2 rings (SSSR count). The number of amides is 1. The number of nitrogens with zero attached hydrogens (tertiary/aromatic N) is 2. The molecular formula is C15H15N3O4.